The minimum atomic E-state index is 1.13. The molecule has 0 saturated carbocycles. The van der Waals surface area contributed by atoms with E-state index >= 15 is 0 Å². The second kappa shape index (κ2) is 14.1. The molecule has 294 valence electrons. The van der Waals surface area contributed by atoms with E-state index in [2.05, 4.69) is 250 Å². The first-order chi connectivity index (χ1) is 31.3. The molecule has 0 unspecified atom stereocenters. The third-order valence-electron chi connectivity index (χ3n) is 13.0. The number of hydrogen-bond acceptors (Lipinski definition) is 0. The predicted octanol–water partition coefficient (Wildman–Crippen LogP) is 16.0. The fourth-order valence-electron chi connectivity index (χ4n) is 10.2. The number of rotatable bonds is 6. The molecular weight excluding hydrogens is 763 g/mol. The molecule has 0 spiro atoms. The van der Waals surface area contributed by atoms with Crippen molar-refractivity contribution in [2.75, 3.05) is 0 Å². The van der Waals surface area contributed by atoms with Crippen molar-refractivity contribution in [1.82, 2.24) is 13.7 Å². The first kappa shape index (κ1) is 35.4. The van der Waals surface area contributed by atoms with Gasteiger partial charge in [0, 0.05) is 54.9 Å². The average molecular weight is 802 g/mol. The van der Waals surface area contributed by atoms with Crippen molar-refractivity contribution in [2.45, 2.75) is 0 Å². The maximum absolute atomic E-state index is 2.50. The van der Waals surface area contributed by atoms with Crippen molar-refractivity contribution >= 4 is 65.4 Å². The Morgan fingerprint density at radius 2 is 0.667 bits per heavy atom. The van der Waals surface area contributed by atoms with Crippen molar-refractivity contribution in [1.29, 1.82) is 0 Å². The van der Waals surface area contributed by atoms with Crippen molar-refractivity contribution in [2.24, 2.45) is 0 Å². The van der Waals surface area contributed by atoms with E-state index in [1.165, 1.54) is 98.8 Å². The zero-order valence-corrected chi connectivity index (χ0v) is 34.4. The summed E-state index contributed by atoms with van der Waals surface area (Å²) in [6, 6.07) is 86.6. The van der Waals surface area contributed by atoms with Gasteiger partial charge >= 0.3 is 0 Å². The van der Waals surface area contributed by atoms with E-state index in [1.54, 1.807) is 0 Å². The van der Waals surface area contributed by atoms with Crippen LogP contribution in [0.5, 0.6) is 0 Å². The van der Waals surface area contributed by atoms with Crippen LogP contribution >= 0.6 is 0 Å². The number of para-hydroxylation sites is 5. The molecule has 3 heterocycles. The van der Waals surface area contributed by atoms with Gasteiger partial charge < -0.3 is 13.7 Å². The molecule has 3 nitrogen and oxygen atoms in total. The average Bonchev–Trinajstić information content (AvgIpc) is 4.00. The van der Waals surface area contributed by atoms with Gasteiger partial charge in [0.05, 0.1) is 33.1 Å². The minimum absolute atomic E-state index is 1.13. The molecule has 13 aromatic rings. The van der Waals surface area contributed by atoms with Gasteiger partial charge in [0.2, 0.25) is 0 Å². The molecule has 3 aromatic heterocycles. The summed E-state index contributed by atoms with van der Waals surface area (Å²) in [6.07, 6.45) is 0. The Labute approximate surface area is 364 Å². The van der Waals surface area contributed by atoms with Gasteiger partial charge in [-0.1, -0.05) is 158 Å². The molecule has 0 aliphatic carbocycles. The molecule has 0 aliphatic heterocycles. The Hall–Kier alpha value is -8.40. The summed E-state index contributed by atoms with van der Waals surface area (Å²) < 4.78 is 7.34. The molecule has 10 aromatic carbocycles. The summed E-state index contributed by atoms with van der Waals surface area (Å²) in [5, 5.41) is 7.41. The first-order valence-corrected chi connectivity index (χ1v) is 21.7. The highest BCUT2D eigenvalue weighted by Gasteiger charge is 2.21. The van der Waals surface area contributed by atoms with Gasteiger partial charge in [0.1, 0.15) is 0 Å². The maximum atomic E-state index is 2.50. The summed E-state index contributed by atoms with van der Waals surface area (Å²) in [7, 11) is 0. The van der Waals surface area contributed by atoms with E-state index in [9.17, 15) is 0 Å². The lowest BCUT2D eigenvalue weighted by atomic mass is 9.97. The van der Waals surface area contributed by atoms with E-state index in [-0.39, 0.29) is 0 Å². The molecule has 0 fully saturated rings. The molecule has 13 rings (SSSR count). The SMILES string of the molecule is c1ccc(-c2cc(-c3ccccc3)cc(-n3c4ccccc4c4cccc(-c5ccc6c(c5)c5cc(-n7c8ccccc8c8ccccc87)ccc5n6-c5ccccc5)c43)c2)cc1. The van der Waals surface area contributed by atoms with E-state index in [0.29, 0.717) is 0 Å². The fraction of sp³-hybridized carbons (Fsp3) is 0. The smallest absolute Gasteiger partial charge is 0.0619 e. The van der Waals surface area contributed by atoms with Crippen molar-refractivity contribution in [3.63, 3.8) is 0 Å². The van der Waals surface area contributed by atoms with Gasteiger partial charge in [-0.2, -0.15) is 0 Å². The Bertz CT molecular complexity index is 3780. The molecular formula is C60H39N3. The third-order valence-corrected chi connectivity index (χ3v) is 13.0. The van der Waals surface area contributed by atoms with Crippen LogP contribution in [0.4, 0.5) is 0 Å². The van der Waals surface area contributed by atoms with Crippen LogP contribution in [-0.4, -0.2) is 13.7 Å². The molecule has 0 radical (unpaired) electrons. The Kier molecular flexibility index (Phi) is 7.91. The molecule has 63 heavy (non-hydrogen) atoms. The van der Waals surface area contributed by atoms with Crippen molar-refractivity contribution < 1.29 is 0 Å². The molecule has 0 aliphatic rings. The highest BCUT2D eigenvalue weighted by Crippen LogP contribution is 2.43. The van der Waals surface area contributed by atoms with Crippen molar-refractivity contribution in [3.05, 3.63) is 237 Å². The van der Waals surface area contributed by atoms with Gasteiger partial charge in [-0.3, -0.25) is 0 Å². The lowest BCUT2D eigenvalue weighted by Crippen LogP contribution is -1.97. The van der Waals surface area contributed by atoms with Crippen molar-refractivity contribution in [3.8, 4) is 50.4 Å². The van der Waals surface area contributed by atoms with Gasteiger partial charge in [-0.05, 0) is 107 Å². The van der Waals surface area contributed by atoms with Crippen LogP contribution < -0.4 is 0 Å². The monoisotopic (exact) mass is 801 g/mol. The van der Waals surface area contributed by atoms with Crippen LogP contribution in [-0.2, 0) is 0 Å². The number of nitrogens with zero attached hydrogens (tertiary/aromatic N) is 3. The van der Waals surface area contributed by atoms with Crippen LogP contribution in [0.1, 0.15) is 0 Å². The van der Waals surface area contributed by atoms with Crippen LogP contribution in [0.25, 0.3) is 116 Å². The molecule has 0 atom stereocenters. The zero-order chi connectivity index (χ0) is 41.4. The highest BCUT2D eigenvalue weighted by atomic mass is 15.0. The Morgan fingerprint density at radius 1 is 0.206 bits per heavy atom. The lowest BCUT2D eigenvalue weighted by Gasteiger charge is -2.16. The summed E-state index contributed by atoms with van der Waals surface area (Å²) in [6.45, 7) is 0. The number of fused-ring (bicyclic) bond motifs is 9. The van der Waals surface area contributed by atoms with Crippen LogP contribution in [0.15, 0.2) is 237 Å². The van der Waals surface area contributed by atoms with E-state index in [4.69, 9.17) is 0 Å². The number of benzene rings is 10. The summed E-state index contributed by atoms with van der Waals surface area (Å²) in [4.78, 5) is 0. The van der Waals surface area contributed by atoms with Gasteiger partial charge in [0.25, 0.3) is 0 Å². The number of hydrogen-bond donors (Lipinski definition) is 0. The second-order valence-corrected chi connectivity index (χ2v) is 16.5. The van der Waals surface area contributed by atoms with Gasteiger partial charge in [-0.25, -0.2) is 0 Å². The summed E-state index contributed by atoms with van der Waals surface area (Å²) >= 11 is 0. The predicted molar refractivity (Wildman–Crippen MR) is 266 cm³/mol. The van der Waals surface area contributed by atoms with Crippen LogP contribution in [0.3, 0.4) is 0 Å². The zero-order valence-electron chi connectivity index (χ0n) is 34.4. The second-order valence-electron chi connectivity index (χ2n) is 16.5. The molecule has 0 bridgehead atoms. The van der Waals surface area contributed by atoms with Gasteiger partial charge in [-0.15, -0.1) is 0 Å². The lowest BCUT2D eigenvalue weighted by molar-refractivity contribution is 1.16. The largest absolute Gasteiger partial charge is 0.309 e. The molecule has 0 saturated heterocycles. The molecule has 3 heteroatoms. The maximum Gasteiger partial charge on any atom is 0.0619 e. The van der Waals surface area contributed by atoms with E-state index in [0.717, 1.165) is 17.1 Å². The Balaban J connectivity index is 1.09. The Morgan fingerprint density at radius 3 is 1.29 bits per heavy atom. The number of aromatic nitrogens is 3. The third kappa shape index (κ3) is 5.53. The normalized spacial score (nSPS) is 11.8. The standard InChI is InChI=1S/C60H39N3/c1-4-17-40(18-5-1)43-35-44(41-19-6-2-7-20-41)37-47(36-43)63-57-30-15-12-25-51(57)52-27-16-26-48(60(52)63)42-31-33-58-53(38-42)54-39-46(32-34-59(54)61(58)45-21-8-3-9-22-45)62-55-28-13-10-23-49(55)50-24-11-14-29-56(50)62/h1-39H. The highest BCUT2D eigenvalue weighted by molar-refractivity contribution is 6.16. The van der Waals surface area contributed by atoms with E-state index in [1.807, 2.05) is 0 Å². The van der Waals surface area contributed by atoms with Crippen LogP contribution in [0, 0.1) is 0 Å². The van der Waals surface area contributed by atoms with Crippen LogP contribution in [0.2, 0.25) is 0 Å². The summed E-state index contributed by atoms with van der Waals surface area (Å²) in [5.74, 6) is 0. The quantitative estimate of drug-likeness (QED) is 0.159. The molecule has 0 N–H and O–H groups in total. The molecule has 0 amide bonds. The van der Waals surface area contributed by atoms with Gasteiger partial charge in [0.15, 0.2) is 0 Å². The minimum Gasteiger partial charge on any atom is -0.309 e. The fourth-order valence-corrected chi connectivity index (χ4v) is 10.2. The first-order valence-electron chi connectivity index (χ1n) is 21.7. The topological polar surface area (TPSA) is 14.8 Å². The van der Waals surface area contributed by atoms with E-state index < -0.39 is 0 Å². The summed E-state index contributed by atoms with van der Waals surface area (Å²) in [5.41, 5.74) is 17.7.